The standard InChI is InChI=1S/C20H11FN2O5/c21-14-6-4-12(5-7-14)19-22-17(20(24)28-19)11-16-8-9-18(27-16)13-2-1-3-15(10-13)23(25)26/h1-11H/b17-11-. The van der Waals surface area contributed by atoms with Crippen LogP contribution in [-0.4, -0.2) is 16.8 Å². The molecule has 0 fully saturated rings. The predicted octanol–water partition coefficient (Wildman–Crippen LogP) is 4.34. The summed E-state index contributed by atoms with van der Waals surface area (Å²) in [5.74, 6) is -0.259. The minimum atomic E-state index is -0.660. The first-order chi connectivity index (χ1) is 13.5. The Bertz CT molecular complexity index is 1150. The van der Waals surface area contributed by atoms with Gasteiger partial charge in [-0.05, 0) is 36.4 Å². The van der Waals surface area contributed by atoms with Gasteiger partial charge in [-0.15, -0.1) is 0 Å². The quantitative estimate of drug-likeness (QED) is 0.291. The lowest BCUT2D eigenvalue weighted by atomic mass is 10.1. The molecule has 0 unspecified atom stereocenters. The van der Waals surface area contributed by atoms with Gasteiger partial charge in [0, 0.05) is 29.3 Å². The Labute approximate surface area is 157 Å². The number of nitrogens with zero attached hydrogens (tertiary/aromatic N) is 2. The van der Waals surface area contributed by atoms with Crippen molar-refractivity contribution in [3.8, 4) is 11.3 Å². The lowest BCUT2D eigenvalue weighted by Gasteiger charge is -1.98. The number of hydrogen-bond acceptors (Lipinski definition) is 6. The fourth-order valence-corrected chi connectivity index (χ4v) is 2.62. The molecule has 0 saturated heterocycles. The molecule has 0 N–H and O–H groups in total. The molecule has 1 aliphatic heterocycles. The molecule has 2 aromatic carbocycles. The Morgan fingerprint density at radius 1 is 1.04 bits per heavy atom. The number of cyclic esters (lactones) is 1. The Morgan fingerprint density at radius 3 is 2.57 bits per heavy atom. The molecule has 0 spiro atoms. The van der Waals surface area contributed by atoms with E-state index in [4.69, 9.17) is 9.15 Å². The van der Waals surface area contributed by atoms with E-state index in [9.17, 15) is 19.3 Å². The van der Waals surface area contributed by atoms with E-state index < -0.39 is 16.7 Å². The summed E-state index contributed by atoms with van der Waals surface area (Å²) in [4.78, 5) is 26.6. The van der Waals surface area contributed by atoms with Gasteiger partial charge >= 0.3 is 5.97 Å². The molecule has 2 heterocycles. The molecule has 0 aliphatic carbocycles. The summed E-state index contributed by atoms with van der Waals surface area (Å²) in [6.07, 6.45) is 1.40. The third-order valence-electron chi connectivity index (χ3n) is 3.96. The fraction of sp³-hybridized carbons (Fsp3) is 0. The number of hydrogen-bond donors (Lipinski definition) is 0. The van der Waals surface area contributed by atoms with Crippen molar-refractivity contribution in [3.63, 3.8) is 0 Å². The van der Waals surface area contributed by atoms with E-state index in [2.05, 4.69) is 4.99 Å². The maximum atomic E-state index is 13.0. The van der Waals surface area contributed by atoms with Crippen LogP contribution in [0.25, 0.3) is 17.4 Å². The number of nitro benzene ring substituents is 1. The molecule has 1 aromatic heterocycles. The highest BCUT2D eigenvalue weighted by atomic mass is 19.1. The van der Waals surface area contributed by atoms with E-state index in [1.807, 2.05) is 0 Å². The van der Waals surface area contributed by atoms with E-state index in [0.717, 1.165) is 0 Å². The molecule has 0 saturated carbocycles. The monoisotopic (exact) mass is 378 g/mol. The number of benzene rings is 2. The first-order valence-electron chi connectivity index (χ1n) is 8.13. The zero-order valence-electron chi connectivity index (χ0n) is 14.2. The highest BCUT2D eigenvalue weighted by molar-refractivity contribution is 6.12. The summed E-state index contributed by atoms with van der Waals surface area (Å²) in [6.45, 7) is 0. The van der Waals surface area contributed by atoms with Crippen molar-refractivity contribution in [1.29, 1.82) is 0 Å². The molecule has 0 atom stereocenters. The van der Waals surface area contributed by atoms with Crippen LogP contribution in [0.4, 0.5) is 10.1 Å². The molecule has 0 radical (unpaired) electrons. The zero-order chi connectivity index (χ0) is 19.7. The highest BCUT2D eigenvalue weighted by Gasteiger charge is 2.24. The Morgan fingerprint density at radius 2 is 1.82 bits per heavy atom. The van der Waals surface area contributed by atoms with E-state index in [0.29, 0.717) is 22.6 Å². The van der Waals surface area contributed by atoms with Gasteiger partial charge in [-0.2, -0.15) is 0 Å². The number of ether oxygens (including phenoxy) is 1. The maximum Gasteiger partial charge on any atom is 0.363 e. The first kappa shape index (κ1) is 17.3. The fourth-order valence-electron chi connectivity index (χ4n) is 2.62. The highest BCUT2D eigenvalue weighted by Crippen LogP contribution is 2.27. The lowest BCUT2D eigenvalue weighted by molar-refractivity contribution is -0.384. The second-order valence-corrected chi connectivity index (χ2v) is 5.85. The van der Waals surface area contributed by atoms with Gasteiger partial charge in [0.25, 0.3) is 5.69 Å². The van der Waals surface area contributed by atoms with Crippen LogP contribution in [0.5, 0.6) is 0 Å². The minimum Gasteiger partial charge on any atom is -0.457 e. The van der Waals surface area contributed by atoms with E-state index in [1.54, 1.807) is 24.3 Å². The number of halogens is 1. The van der Waals surface area contributed by atoms with Crippen LogP contribution in [0, 0.1) is 15.9 Å². The molecule has 28 heavy (non-hydrogen) atoms. The molecule has 4 rings (SSSR count). The van der Waals surface area contributed by atoms with Crippen LogP contribution < -0.4 is 0 Å². The largest absolute Gasteiger partial charge is 0.457 e. The number of rotatable bonds is 4. The predicted molar refractivity (Wildman–Crippen MR) is 97.8 cm³/mol. The van der Waals surface area contributed by atoms with Gasteiger partial charge in [0.15, 0.2) is 5.70 Å². The Kier molecular flexibility index (Phi) is 4.29. The summed E-state index contributed by atoms with van der Waals surface area (Å²) < 4.78 is 23.8. The van der Waals surface area contributed by atoms with Crippen molar-refractivity contribution in [2.75, 3.05) is 0 Å². The SMILES string of the molecule is O=C1OC(c2ccc(F)cc2)=N/C1=C\c1ccc(-c2cccc([N+](=O)[O-])c2)o1. The molecular formula is C20H11FN2O5. The van der Waals surface area contributed by atoms with Gasteiger partial charge in [0.1, 0.15) is 17.3 Å². The second-order valence-electron chi connectivity index (χ2n) is 5.85. The van der Waals surface area contributed by atoms with Crippen LogP contribution in [-0.2, 0) is 9.53 Å². The average Bonchev–Trinajstić information content (AvgIpc) is 3.30. The average molecular weight is 378 g/mol. The molecule has 0 bridgehead atoms. The van der Waals surface area contributed by atoms with E-state index in [1.165, 1.54) is 42.5 Å². The Hall–Kier alpha value is -4.07. The minimum absolute atomic E-state index is 0.0271. The number of carbonyl (C=O) groups is 1. The van der Waals surface area contributed by atoms with Gasteiger partial charge in [-0.25, -0.2) is 14.2 Å². The van der Waals surface area contributed by atoms with Gasteiger partial charge in [0.2, 0.25) is 5.90 Å². The number of furan rings is 1. The number of non-ortho nitro benzene ring substituents is 1. The van der Waals surface area contributed by atoms with Gasteiger partial charge in [0.05, 0.1) is 4.92 Å². The molecule has 8 heteroatoms. The molecule has 7 nitrogen and oxygen atoms in total. The van der Waals surface area contributed by atoms with Gasteiger partial charge in [-0.3, -0.25) is 10.1 Å². The van der Waals surface area contributed by atoms with E-state index >= 15 is 0 Å². The molecule has 138 valence electrons. The number of esters is 1. The van der Waals surface area contributed by atoms with Crippen molar-refractivity contribution >= 4 is 23.6 Å². The first-order valence-corrected chi connectivity index (χ1v) is 8.13. The van der Waals surface area contributed by atoms with Crippen LogP contribution in [0.15, 0.2) is 75.8 Å². The maximum absolute atomic E-state index is 13.0. The molecule has 0 amide bonds. The van der Waals surface area contributed by atoms with Crippen molar-refractivity contribution < 1.29 is 23.3 Å². The van der Waals surface area contributed by atoms with Crippen molar-refractivity contribution in [2.24, 2.45) is 4.99 Å². The van der Waals surface area contributed by atoms with Crippen molar-refractivity contribution in [1.82, 2.24) is 0 Å². The summed E-state index contributed by atoms with van der Waals surface area (Å²) in [6, 6.07) is 14.7. The van der Waals surface area contributed by atoms with Crippen LogP contribution in [0.3, 0.4) is 0 Å². The summed E-state index contributed by atoms with van der Waals surface area (Å²) in [5, 5.41) is 10.9. The topological polar surface area (TPSA) is 94.9 Å². The van der Waals surface area contributed by atoms with E-state index in [-0.39, 0.29) is 17.3 Å². The van der Waals surface area contributed by atoms with Crippen LogP contribution in [0.1, 0.15) is 11.3 Å². The van der Waals surface area contributed by atoms with Gasteiger partial charge < -0.3 is 9.15 Å². The molecule has 3 aromatic rings. The number of nitro groups is 1. The molecule has 1 aliphatic rings. The third-order valence-corrected chi connectivity index (χ3v) is 3.96. The number of aliphatic imine (C=N–C) groups is 1. The van der Waals surface area contributed by atoms with Crippen LogP contribution in [0.2, 0.25) is 0 Å². The Balaban J connectivity index is 1.61. The van der Waals surface area contributed by atoms with Crippen molar-refractivity contribution in [3.05, 3.63) is 93.6 Å². The van der Waals surface area contributed by atoms with Gasteiger partial charge in [-0.1, -0.05) is 12.1 Å². The third kappa shape index (κ3) is 3.43. The van der Waals surface area contributed by atoms with Crippen LogP contribution >= 0.6 is 0 Å². The summed E-state index contributed by atoms with van der Waals surface area (Å²) >= 11 is 0. The lowest BCUT2D eigenvalue weighted by Crippen LogP contribution is -2.05. The summed E-state index contributed by atoms with van der Waals surface area (Å²) in [7, 11) is 0. The zero-order valence-corrected chi connectivity index (χ0v) is 14.2. The van der Waals surface area contributed by atoms with Crippen molar-refractivity contribution in [2.45, 2.75) is 0 Å². The number of carbonyl (C=O) groups excluding carboxylic acids is 1. The second kappa shape index (κ2) is 6.92. The molecular weight excluding hydrogens is 367 g/mol. The summed E-state index contributed by atoms with van der Waals surface area (Å²) in [5.41, 5.74) is 0.971. The smallest absolute Gasteiger partial charge is 0.363 e. The normalized spacial score (nSPS) is 14.8.